The van der Waals surface area contributed by atoms with E-state index in [0.717, 1.165) is 33.4 Å². The molecule has 0 spiro atoms. The Bertz CT molecular complexity index is 1520. The van der Waals surface area contributed by atoms with Gasteiger partial charge in [0.2, 0.25) is 0 Å². The van der Waals surface area contributed by atoms with Crippen LogP contribution in [0.1, 0.15) is 27.3 Å². The molecule has 8 heteroatoms. The van der Waals surface area contributed by atoms with Crippen LogP contribution in [0, 0.1) is 13.8 Å². The van der Waals surface area contributed by atoms with Gasteiger partial charge in [-0.2, -0.15) is 10.2 Å². The summed E-state index contributed by atoms with van der Waals surface area (Å²) in [4.78, 5) is 18.3. The Labute approximate surface area is 202 Å². The number of carbonyl (C=O) groups excluding carboxylic acids is 1. The lowest BCUT2D eigenvalue weighted by atomic mass is 10.0. The van der Waals surface area contributed by atoms with Gasteiger partial charge in [0, 0.05) is 29.2 Å². The first-order valence-electron chi connectivity index (χ1n) is 10.9. The van der Waals surface area contributed by atoms with E-state index in [1.54, 1.807) is 10.9 Å². The molecule has 0 atom stereocenters. The van der Waals surface area contributed by atoms with Crippen molar-refractivity contribution in [1.29, 1.82) is 0 Å². The van der Waals surface area contributed by atoms with Crippen molar-refractivity contribution in [1.82, 2.24) is 24.5 Å². The number of pyridine rings is 1. The average Bonchev–Trinajstić information content (AvgIpc) is 3.38. The maximum atomic E-state index is 13.5. The highest BCUT2D eigenvalue weighted by molar-refractivity contribution is 6.30. The highest BCUT2D eigenvalue weighted by atomic mass is 35.5. The van der Waals surface area contributed by atoms with Crippen molar-refractivity contribution in [3.05, 3.63) is 94.5 Å². The number of rotatable bonds is 5. The first-order chi connectivity index (χ1) is 16.4. The molecule has 5 rings (SSSR count). The summed E-state index contributed by atoms with van der Waals surface area (Å²) in [6.07, 6.45) is 3.63. The molecule has 0 fully saturated rings. The van der Waals surface area contributed by atoms with Gasteiger partial charge in [-0.05, 0) is 43.7 Å². The number of hydrogen-bond donors (Lipinski definition) is 1. The number of hydrogen-bond acceptors (Lipinski definition) is 4. The lowest BCUT2D eigenvalue weighted by molar-refractivity contribution is 0.102. The van der Waals surface area contributed by atoms with Gasteiger partial charge in [-0.3, -0.25) is 14.2 Å². The third-order valence-electron chi connectivity index (χ3n) is 5.83. The van der Waals surface area contributed by atoms with E-state index >= 15 is 0 Å². The van der Waals surface area contributed by atoms with E-state index in [-0.39, 0.29) is 5.91 Å². The lowest BCUT2D eigenvalue weighted by Gasteiger charge is -2.11. The predicted octanol–water partition coefficient (Wildman–Crippen LogP) is 5.40. The van der Waals surface area contributed by atoms with Gasteiger partial charge in [-0.25, -0.2) is 4.98 Å². The van der Waals surface area contributed by atoms with Crippen LogP contribution >= 0.6 is 11.6 Å². The molecule has 0 saturated carbocycles. The smallest absolute Gasteiger partial charge is 0.256 e. The number of carbonyl (C=O) groups is 1. The molecule has 7 nitrogen and oxygen atoms in total. The Hall–Kier alpha value is -3.97. The molecule has 0 aliphatic heterocycles. The zero-order valence-corrected chi connectivity index (χ0v) is 19.8. The van der Waals surface area contributed by atoms with Crippen LogP contribution in [0.2, 0.25) is 5.02 Å². The van der Waals surface area contributed by atoms with E-state index in [1.165, 1.54) is 0 Å². The summed E-state index contributed by atoms with van der Waals surface area (Å²) in [7, 11) is 1.85. The molecule has 1 N–H and O–H groups in total. The van der Waals surface area contributed by atoms with Gasteiger partial charge in [-0.1, -0.05) is 41.9 Å². The first kappa shape index (κ1) is 21.9. The maximum absolute atomic E-state index is 13.5. The quantitative estimate of drug-likeness (QED) is 0.373. The normalized spacial score (nSPS) is 11.2. The standard InChI is InChI=1S/C26H23ClN6O/c1-16-25(17(2)33(31-16)14-18-8-10-20(27)11-9-18)30-26(34)22-12-24(19-13-28-32(3)15-19)29-23-7-5-4-6-21(22)23/h4-13,15H,14H2,1-3H3,(H,30,34). The van der Waals surface area contributed by atoms with Crippen LogP contribution in [0.4, 0.5) is 5.69 Å². The fraction of sp³-hybridized carbons (Fsp3) is 0.154. The molecule has 0 unspecified atom stereocenters. The van der Waals surface area contributed by atoms with Crippen molar-refractivity contribution >= 4 is 34.1 Å². The van der Waals surface area contributed by atoms with Crippen LogP contribution in [0.3, 0.4) is 0 Å². The van der Waals surface area contributed by atoms with Gasteiger partial charge in [0.25, 0.3) is 5.91 Å². The summed E-state index contributed by atoms with van der Waals surface area (Å²) < 4.78 is 3.60. The Morgan fingerprint density at radius 3 is 2.59 bits per heavy atom. The van der Waals surface area contributed by atoms with Crippen molar-refractivity contribution < 1.29 is 4.79 Å². The Morgan fingerprint density at radius 2 is 1.85 bits per heavy atom. The molecule has 1 amide bonds. The van der Waals surface area contributed by atoms with Gasteiger partial charge in [0.05, 0.1) is 46.6 Å². The molecule has 0 saturated heterocycles. The zero-order chi connectivity index (χ0) is 23.8. The molecule has 0 aliphatic rings. The summed E-state index contributed by atoms with van der Waals surface area (Å²) in [5.41, 5.74) is 6.28. The van der Waals surface area contributed by atoms with Crippen molar-refractivity contribution in [2.75, 3.05) is 5.32 Å². The molecule has 34 heavy (non-hydrogen) atoms. The van der Waals surface area contributed by atoms with Crippen LogP contribution < -0.4 is 5.32 Å². The summed E-state index contributed by atoms with van der Waals surface area (Å²) in [5.74, 6) is -0.207. The van der Waals surface area contributed by atoms with Gasteiger partial charge >= 0.3 is 0 Å². The van der Waals surface area contributed by atoms with Gasteiger partial charge < -0.3 is 5.32 Å². The second kappa shape index (κ2) is 8.76. The number of aryl methyl sites for hydroxylation is 2. The van der Waals surface area contributed by atoms with E-state index < -0.39 is 0 Å². The molecular weight excluding hydrogens is 448 g/mol. The van der Waals surface area contributed by atoms with Crippen molar-refractivity contribution in [2.45, 2.75) is 20.4 Å². The van der Waals surface area contributed by atoms with Crippen LogP contribution in [0.15, 0.2) is 67.0 Å². The number of nitrogens with zero attached hydrogens (tertiary/aromatic N) is 5. The largest absolute Gasteiger partial charge is 0.319 e. The van der Waals surface area contributed by atoms with Gasteiger partial charge in [-0.15, -0.1) is 0 Å². The minimum Gasteiger partial charge on any atom is -0.319 e. The number of para-hydroxylation sites is 1. The maximum Gasteiger partial charge on any atom is 0.256 e. The minimum atomic E-state index is -0.207. The van der Waals surface area contributed by atoms with Crippen LogP contribution in [-0.2, 0) is 13.6 Å². The van der Waals surface area contributed by atoms with Crippen molar-refractivity contribution in [3.63, 3.8) is 0 Å². The van der Waals surface area contributed by atoms with E-state index in [0.29, 0.717) is 28.5 Å². The highest BCUT2D eigenvalue weighted by Crippen LogP contribution is 2.27. The minimum absolute atomic E-state index is 0.207. The molecule has 0 bridgehead atoms. The van der Waals surface area contributed by atoms with Crippen LogP contribution in [-0.4, -0.2) is 30.5 Å². The third kappa shape index (κ3) is 4.18. The first-order valence-corrected chi connectivity index (χ1v) is 11.3. The molecule has 0 aliphatic carbocycles. The molecular formula is C26H23ClN6O. The molecule has 2 aromatic carbocycles. The summed E-state index contributed by atoms with van der Waals surface area (Å²) in [6, 6.07) is 17.1. The highest BCUT2D eigenvalue weighted by Gasteiger charge is 2.19. The fourth-order valence-electron chi connectivity index (χ4n) is 4.04. The second-order valence-electron chi connectivity index (χ2n) is 8.26. The van der Waals surface area contributed by atoms with Crippen LogP contribution in [0.25, 0.3) is 22.2 Å². The number of amides is 1. The number of halogens is 1. The summed E-state index contributed by atoms with van der Waals surface area (Å²) in [6.45, 7) is 4.44. The number of aromatic nitrogens is 5. The summed E-state index contributed by atoms with van der Waals surface area (Å²) in [5, 5.41) is 13.5. The lowest BCUT2D eigenvalue weighted by Crippen LogP contribution is -2.14. The number of anilines is 1. The topological polar surface area (TPSA) is 77.6 Å². The van der Waals surface area contributed by atoms with Crippen molar-refractivity contribution in [3.8, 4) is 11.3 Å². The Kier molecular flexibility index (Phi) is 5.63. The summed E-state index contributed by atoms with van der Waals surface area (Å²) >= 11 is 6.00. The fourth-order valence-corrected chi connectivity index (χ4v) is 4.17. The third-order valence-corrected chi connectivity index (χ3v) is 6.08. The van der Waals surface area contributed by atoms with E-state index in [1.807, 2.05) is 86.4 Å². The second-order valence-corrected chi connectivity index (χ2v) is 8.70. The number of fused-ring (bicyclic) bond motifs is 1. The Balaban J connectivity index is 1.49. The van der Waals surface area contributed by atoms with E-state index in [9.17, 15) is 4.79 Å². The number of nitrogens with one attached hydrogen (secondary N) is 1. The average molecular weight is 471 g/mol. The molecule has 3 heterocycles. The van der Waals surface area contributed by atoms with E-state index in [4.69, 9.17) is 16.6 Å². The van der Waals surface area contributed by atoms with E-state index in [2.05, 4.69) is 15.5 Å². The molecule has 0 radical (unpaired) electrons. The van der Waals surface area contributed by atoms with Crippen molar-refractivity contribution in [2.24, 2.45) is 7.05 Å². The predicted molar refractivity (Wildman–Crippen MR) is 134 cm³/mol. The zero-order valence-electron chi connectivity index (χ0n) is 19.1. The molecule has 170 valence electrons. The van der Waals surface area contributed by atoms with Gasteiger partial charge in [0.1, 0.15) is 0 Å². The molecule has 3 aromatic heterocycles. The van der Waals surface area contributed by atoms with Crippen LogP contribution in [0.5, 0.6) is 0 Å². The van der Waals surface area contributed by atoms with Gasteiger partial charge in [0.15, 0.2) is 0 Å². The number of benzene rings is 2. The molecule has 5 aromatic rings. The monoisotopic (exact) mass is 470 g/mol. The SMILES string of the molecule is Cc1nn(Cc2ccc(Cl)cc2)c(C)c1NC(=O)c1cc(-c2cnn(C)c2)nc2ccccc12. The Morgan fingerprint density at radius 1 is 1.09 bits per heavy atom.